The van der Waals surface area contributed by atoms with Crippen molar-refractivity contribution < 1.29 is 9.53 Å². The number of methoxy groups -OCH3 is 1. The summed E-state index contributed by atoms with van der Waals surface area (Å²) < 4.78 is 4.57. The fourth-order valence-electron chi connectivity index (χ4n) is 1.38. The van der Waals surface area contributed by atoms with Gasteiger partial charge in [0.1, 0.15) is 0 Å². The first-order valence-electron chi connectivity index (χ1n) is 4.51. The van der Waals surface area contributed by atoms with Gasteiger partial charge in [-0.2, -0.15) is 0 Å². The van der Waals surface area contributed by atoms with Gasteiger partial charge in [0.25, 0.3) is 0 Å². The van der Waals surface area contributed by atoms with Gasteiger partial charge in [-0.3, -0.25) is 0 Å². The normalized spacial score (nSPS) is 10.5. The number of benzene rings is 1. The third-order valence-electron chi connectivity index (χ3n) is 2.16. The van der Waals surface area contributed by atoms with Crippen LogP contribution in [0.15, 0.2) is 18.2 Å². The Hall–Kier alpha value is -1.88. The Morgan fingerprint density at radius 2 is 2.40 bits per heavy atom. The molecule has 0 bridgehead atoms. The number of aromatic amines is 1. The van der Waals surface area contributed by atoms with Gasteiger partial charge in [0.2, 0.25) is 5.82 Å². The predicted molar refractivity (Wildman–Crippen MR) is 55.3 cm³/mol. The predicted octanol–water partition coefficient (Wildman–Crippen LogP) is 0.808. The Morgan fingerprint density at radius 3 is 3.07 bits per heavy atom. The van der Waals surface area contributed by atoms with Crippen LogP contribution in [0, 0.1) is 0 Å². The summed E-state index contributed by atoms with van der Waals surface area (Å²) >= 11 is 0. The molecule has 2 rings (SSSR count). The van der Waals surface area contributed by atoms with Gasteiger partial charge in [-0.15, -0.1) is 0 Å². The second-order valence-electron chi connectivity index (χ2n) is 3.13. The number of carbonyl (C=O) groups excluding carboxylic acids is 1. The number of fused-ring (bicyclic) bond motifs is 1. The second-order valence-corrected chi connectivity index (χ2v) is 3.13. The molecule has 0 fully saturated rings. The highest BCUT2D eigenvalue weighted by molar-refractivity contribution is 5.90. The molecule has 3 N–H and O–H groups in total. The quantitative estimate of drug-likeness (QED) is 0.711. The molecule has 0 saturated heterocycles. The summed E-state index contributed by atoms with van der Waals surface area (Å²) in [6.07, 6.45) is 0. The molecule has 0 amide bonds. The van der Waals surface area contributed by atoms with E-state index in [1.54, 1.807) is 0 Å². The maximum Gasteiger partial charge on any atom is 0.374 e. The van der Waals surface area contributed by atoms with Crippen molar-refractivity contribution in [2.45, 2.75) is 6.54 Å². The first-order chi connectivity index (χ1) is 7.24. The molecule has 0 aliphatic rings. The van der Waals surface area contributed by atoms with Gasteiger partial charge in [-0.05, 0) is 17.7 Å². The molecule has 0 unspecified atom stereocenters. The van der Waals surface area contributed by atoms with Crippen LogP contribution in [0.2, 0.25) is 0 Å². The van der Waals surface area contributed by atoms with Crippen molar-refractivity contribution in [3.05, 3.63) is 29.6 Å². The molecule has 5 heteroatoms. The second kappa shape index (κ2) is 3.70. The lowest BCUT2D eigenvalue weighted by molar-refractivity contribution is 0.0588. The molecule has 0 atom stereocenters. The number of nitrogens with zero attached hydrogens (tertiary/aromatic N) is 1. The van der Waals surface area contributed by atoms with E-state index < -0.39 is 5.97 Å². The van der Waals surface area contributed by atoms with Gasteiger partial charge >= 0.3 is 5.97 Å². The van der Waals surface area contributed by atoms with Gasteiger partial charge in [0, 0.05) is 6.54 Å². The number of H-pyrrole nitrogens is 1. The molecule has 1 aromatic heterocycles. The van der Waals surface area contributed by atoms with Crippen molar-refractivity contribution in [2.75, 3.05) is 7.11 Å². The minimum Gasteiger partial charge on any atom is -0.463 e. The molecular formula is C10H11N3O2. The molecule has 1 aromatic carbocycles. The highest BCUT2D eigenvalue weighted by atomic mass is 16.5. The monoisotopic (exact) mass is 205 g/mol. The number of ether oxygens (including phenoxy) is 1. The zero-order chi connectivity index (χ0) is 10.8. The first-order valence-corrected chi connectivity index (χ1v) is 4.51. The average Bonchev–Trinajstić information content (AvgIpc) is 2.70. The lowest BCUT2D eigenvalue weighted by Gasteiger charge is -1.94. The van der Waals surface area contributed by atoms with Crippen LogP contribution in [0.3, 0.4) is 0 Å². The molecule has 15 heavy (non-hydrogen) atoms. The molecule has 1 heterocycles. The van der Waals surface area contributed by atoms with Crippen LogP contribution in [0.5, 0.6) is 0 Å². The number of rotatable bonds is 2. The number of hydrogen-bond acceptors (Lipinski definition) is 4. The molecule has 0 radical (unpaired) electrons. The molecular weight excluding hydrogens is 194 g/mol. The third-order valence-corrected chi connectivity index (χ3v) is 2.16. The highest BCUT2D eigenvalue weighted by Crippen LogP contribution is 2.13. The van der Waals surface area contributed by atoms with E-state index in [1.807, 2.05) is 18.2 Å². The number of hydrogen-bond donors (Lipinski definition) is 2. The summed E-state index contributed by atoms with van der Waals surface area (Å²) in [6.45, 7) is 0.461. The molecule has 0 aliphatic heterocycles. The summed E-state index contributed by atoms with van der Waals surface area (Å²) in [5.41, 5.74) is 8.02. The summed E-state index contributed by atoms with van der Waals surface area (Å²) in [7, 11) is 1.32. The SMILES string of the molecule is COC(=O)c1nc2ccc(CN)cc2[nH]1. The summed E-state index contributed by atoms with van der Waals surface area (Å²) in [5, 5.41) is 0. The van der Waals surface area contributed by atoms with Crippen molar-refractivity contribution in [3.63, 3.8) is 0 Å². The smallest absolute Gasteiger partial charge is 0.374 e. The van der Waals surface area contributed by atoms with Crippen molar-refractivity contribution in [1.29, 1.82) is 0 Å². The number of esters is 1. The van der Waals surface area contributed by atoms with Crippen LogP contribution in [0.4, 0.5) is 0 Å². The molecule has 5 nitrogen and oxygen atoms in total. The third kappa shape index (κ3) is 1.69. The van der Waals surface area contributed by atoms with Crippen LogP contribution in [-0.4, -0.2) is 23.0 Å². The van der Waals surface area contributed by atoms with Gasteiger partial charge in [0.05, 0.1) is 18.1 Å². The van der Waals surface area contributed by atoms with E-state index in [1.165, 1.54) is 7.11 Å². The van der Waals surface area contributed by atoms with E-state index in [0.29, 0.717) is 6.54 Å². The van der Waals surface area contributed by atoms with Crippen LogP contribution in [0.25, 0.3) is 11.0 Å². The van der Waals surface area contributed by atoms with Crippen LogP contribution in [0.1, 0.15) is 16.2 Å². The van der Waals surface area contributed by atoms with Crippen LogP contribution < -0.4 is 5.73 Å². The van der Waals surface area contributed by atoms with Crippen molar-refractivity contribution >= 4 is 17.0 Å². The lowest BCUT2D eigenvalue weighted by atomic mass is 10.2. The molecule has 0 aliphatic carbocycles. The number of carbonyl (C=O) groups is 1. The first kappa shape index (κ1) is 9.67. The molecule has 2 aromatic rings. The Kier molecular flexibility index (Phi) is 2.39. The van der Waals surface area contributed by atoms with Crippen LogP contribution >= 0.6 is 0 Å². The lowest BCUT2D eigenvalue weighted by Crippen LogP contribution is -2.02. The molecule has 0 spiro atoms. The maximum absolute atomic E-state index is 11.2. The van der Waals surface area contributed by atoms with E-state index in [0.717, 1.165) is 16.6 Å². The van der Waals surface area contributed by atoms with Crippen LogP contribution in [-0.2, 0) is 11.3 Å². The fraction of sp³-hybridized carbons (Fsp3) is 0.200. The van der Waals surface area contributed by atoms with E-state index in [9.17, 15) is 4.79 Å². The summed E-state index contributed by atoms with van der Waals surface area (Å²) in [6, 6.07) is 5.57. The van der Waals surface area contributed by atoms with E-state index in [2.05, 4.69) is 14.7 Å². The van der Waals surface area contributed by atoms with Crippen molar-refractivity contribution in [1.82, 2.24) is 9.97 Å². The molecule has 0 saturated carbocycles. The zero-order valence-electron chi connectivity index (χ0n) is 8.28. The van der Waals surface area contributed by atoms with Crippen molar-refractivity contribution in [3.8, 4) is 0 Å². The number of aromatic nitrogens is 2. The van der Waals surface area contributed by atoms with E-state index >= 15 is 0 Å². The maximum atomic E-state index is 11.2. The molecule has 78 valence electrons. The Morgan fingerprint density at radius 1 is 1.60 bits per heavy atom. The number of nitrogens with one attached hydrogen (secondary N) is 1. The number of imidazole rings is 1. The Bertz CT molecular complexity index is 504. The fourth-order valence-corrected chi connectivity index (χ4v) is 1.38. The zero-order valence-corrected chi connectivity index (χ0v) is 8.28. The van der Waals surface area contributed by atoms with Gasteiger partial charge in [-0.1, -0.05) is 6.07 Å². The van der Waals surface area contributed by atoms with E-state index in [-0.39, 0.29) is 5.82 Å². The standard InChI is InChI=1S/C10H11N3O2/c1-15-10(14)9-12-7-3-2-6(5-11)4-8(7)13-9/h2-4H,5,11H2,1H3,(H,12,13). The topological polar surface area (TPSA) is 81.0 Å². The highest BCUT2D eigenvalue weighted by Gasteiger charge is 2.10. The largest absolute Gasteiger partial charge is 0.463 e. The number of nitrogens with two attached hydrogens (primary N) is 1. The van der Waals surface area contributed by atoms with Gasteiger partial charge in [-0.25, -0.2) is 9.78 Å². The Labute approximate surface area is 86.3 Å². The van der Waals surface area contributed by atoms with Crippen molar-refractivity contribution in [2.24, 2.45) is 5.73 Å². The average molecular weight is 205 g/mol. The van der Waals surface area contributed by atoms with Gasteiger partial charge in [0.15, 0.2) is 0 Å². The van der Waals surface area contributed by atoms with Gasteiger partial charge < -0.3 is 15.5 Å². The Balaban J connectivity index is 2.51. The minimum atomic E-state index is -0.472. The summed E-state index contributed by atoms with van der Waals surface area (Å²) in [5.74, 6) is -0.262. The minimum absolute atomic E-state index is 0.210. The van der Waals surface area contributed by atoms with E-state index in [4.69, 9.17) is 5.73 Å². The summed E-state index contributed by atoms with van der Waals surface area (Å²) in [4.78, 5) is 18.2.